The van der Waals surface area contributed by atoms with Crippen molar-refractivity contribution in [3.63, 3.8) is 0 Å². The van der Waals surface area contributed by atoms with Crippen LogP contribution in [0.5, 0.6) is 0 Å². The van der Waals surface area contributed by atoms with Crippen molar-refractivity contribution in [1.82, 2.24) is 0 Å². The molecule has 0 amide bonds. The second-order valence-corrected chi connectivity index (χ2v) is 8.12. The average Bonchev–Trinajstić information content (AvgIpc) is 2.89. The van der Waals surface area contributed by atoms with E-state index in [0.717, 1.165) is 29.9 Å². The van der Waals surface area contributed by atoms with Crippen LogP contribution in [0.25, 0.3) is 0 Å². The van der Waals surface area contributed by atoms with Gasteiger partial charge in [-0.15, -0.1) is 0 Å². The van der Waals surface area contributed by atoms with Crippen molar-refractivity contribution in [1.29, 1.82) is 0 Å². The van der Waals surface area contributed by atoms with E-state index in [-0.39, 0.29) is 6.10 Å². The molecule has 0 N–H and O–H groups in total. The summed E-state index contributed by atoms with van der Waals surface area (Å²) in [6, 6.07) is 37.5. The number of hydrazone groups is 1. The van der Waals surface area contributed by atoms with Gasteiger partial charge in [-0.1, -0.05) is 60.7 Å². The van der Waals surface area contributed by atoms with Crippen LogP contribution < -0.4 is 9.91 Å². The van der Waals surface area contributed by atoms with Gasteiger partial charge in [-0.05, 0) is 59.7 Å². The lowest BCUT2D eigenvalue weighted by molar-refractivity contribution is 0.107. The Morgan fingerprint density at radius 3 is 2.03 bits per heavy atom. The molecule has 0 spiro atoms. The van der Waals surface area contributed by atoms with Crippen LogP contribution in [0.2, 0.25) is 0 Å². The van der Waals surface area contributed by atoms with E-state index in [2.05, 4.69) is 71.6 Å². The van der Waals surface area contributed by atoms with Crippen LogP contribution in [0, 0.1) is 0 Å². The van der Waals surface area contributed by atoms with E-state index < -0.39 is 0 Å². The third-order valence-electron chi connectivity index (χ3n) is 5.95. The molecule has 0 saturated carbocycles. The van der Waals surface area contributed by atoms with Gasteiger partial charge in [0.1, 0.15) is 0 Å². The Morgan fingerprint density at radius 1 is 0.818 bits per heavy atom. The zero-order valence-corrected chi connectivity index (χ0v) is 18.7. The molecular weight excluding hydrogens is 406 g/mol. The second-order valence-electron chi connectivity index (χ2n) is 8.12. The highest BCUT2D eigenvalue weighted by Gasteiger charge is 2.25. The molecule has 4 aromatic rings. The molecule has 0 radical (unpaired) electrons. The molecule has 1 unspecified atom stereocenters. The third-order valence-corrected chi connectivity index (χ3v) is 5.95. The maximum Gasteiger partial charge on any atom is 0.0791 e. The fourth-order valence-electron chi connectivity index (χ4n) is 4.28. The molecular formula is C29H27N3O. The van der Waals surface area contributed by atoms with Gasteiger partial charge in [0.25, 0.3) is 0 Å². The number of methoxy groups -OCH3 is 1. The maximum absolute atomic E-state index is 5.77. The molecule has 4 nitrogen and oxygen atoms in total. The predicted molar refractivity (Wildman–Crippen MR) is 137 cm³/mol. The van der Waals surface area contributed by atoms with Gasteiger partial charge < -0.3 is 9.64 Å². The molecule has 5 rings (SSSR count). The lowest BCUT2D eigenvalue weighted by atomic mass is 9.97. The minimum atomic E-state index is 0.148. The molecule has 0 aromatic heterocycles. The van der Waals surface area contributed by atoms with E-state index >= 15 is 0 Å². The van der Waals surface area contributed by atoms with Crippen molar-refractivity contribution in [3.05, 3.63) is 120 Å². The third kappa shape index (κ3) is 4.66. The van der Waals surface area contributed by atoms with E-state index in [4.69, 9.17) is 9.84 Å². The zero-order chi connectivity index (χ0) is 22.5. The SMILES string of the molecule is COC1Cc2cc(/C=N/N(c3ccccc3)c3ccccc3)ccc2N(c2ccccc2)C1. The number of fused-ring (bicyclic) bond motifs is 1. The quantitative estimate of drug-likeness (QED) is 0.254. The fraction of sp³-hybridized carbons (Fsp3) is 0.138. The van der Waals surface area contributed by atoms with E-state index in [0.29, 0.717) is 0 Å². The minimum absolute atomic E-state index is 0.148. The summed E-state index contributed by atoms with van der Waals surface area (Å²) < 4.78 is 5.77. The van der Waals surface area contributed by atoms with E-state index in [1.54, 1.807) is 7.11 Å². The highest BCUT2D eigenvalue weighted by atomic mass is 16.5. The summed E-state index contributed by atoms with van der Waals surface area (Å²) in [4.78, 5) is 2.34. The van der Waals surface area contributed by atoms with E-state index in [1.165, 1.54) is 16.9 Å². The Hall–Kier alpha value is -3.89. The number of nitrogens with zero attached hydrogens (tertiary/aromatic N) is 3. The van der Waals surface area contributed by atoms with E-state index in [1.807, 2.05) is 53.7 Å². The summed E-state index contributed by atoms with van der Waals surface area (Å²) >= 11 is 0. The molecule has 1 aliphatic heterocycles. The summed E-state index contributed by atoms with van der Waals surface area (Å²) in [5, 5.41) is 6.83. The number of hydrogen-bond donors (Lipinski definition) is 0. The Bertz CT molecular complexity index is 1170. The predicted octanol–water partition coefficient (Wildman–Crippen LogP) is 6.57. The Balaban J connectivity index is 1.48. The monoisotopic (exact) mass is 433 g/mol. The maximum atomic E-state index is 5.77. The van der Waals surface area contributed by atoms with Crippen molar-refractivity contribution < 1.29 is 4.74 Å². The first-order valence-corrected chi connectivity index (χ1v) is 11.2. The molecule has 164 valence electrons. The molecule has 1 heterocycles. The number of anilines is 4. The van der Waals surface area contributed by atoms with Gasteiger partial charge in [-0.2, -0.15) is 5.10 Å². The molecule has 1 atom stereocenters. The van der Waals surface area contributed by atoms with Crippen LogP contribution in [-0.2, 0) is 11.2 Å². The molecule has 0 saturated heterocycles. The standard InChI is InChI=1S/C29H27N3O/c1-33-28-20-24-19-23(17-18-29(24)31(22-28)25-11-5-2-6-12-25)21-30-32(26-13-7-3-8-14-26)27-15-9-4-10-16-27/h2-19,21,28H,20,22H2,1H3/b30-21+. The fourth-order valence-corrected chi connectivity index (χ4v) is 4.28. The van der Waals surface area contributed by atoms with E-state index in [9.17, 15) is 0 Å². The van der Waals surface area contributed by atoms with Gasteiger partial charge in [0.2, 0.25) is 0 Å². The largest absolute Gasteiger partial charge is 0.379 e. The van der Waals surface area contributed by atoms with Crippen LogP contribution in [0.3, 0.4) is 0 Å². The van der Waals surface area contributed by atoms with Crippen molar-refractivity contribution in [2.75, 3.05) is 23.6 Å². The van der Waals surface area contributed by atoms with Gasteiger partial charge in [-0.3, -0.25) is 0 Å². The first-order valence-electron chi connectivity index (χ1n) is 11.2. The van der Waals surface area contributed by atoms with Gasteiger partial charge in [0.05, 0.1) is 23.7 Å². The second kappa shape index (κ2) is 9.72. The number of hydrogen-bond acceptors (Lipinski definition) is 4. The number of benzene rings is 4. The summed E-state index contributed by atoms with van der Waals surface area (Å²) in [7, 11) is 1.79. The summed E-state index contributed by atoms with van der Waals surface area (Å²) in [5.74, 6) is 0. The Morgan fingerprint density at radius 2 is 1.42 bits per heavy atom. The normalized spacial score (nSPS) is 15.4. The van der Waals surface area contributed by atoms with Gasteiger partial charge in [-0.25, -0.2) is 5.01 Å². The first kappa shape index (κ1) is 21.0. The lowest BCUT2D eigenvalue weighted by Gasteiger charge is -2.35. The number of ether oxygens (including phenoxy) is 1. The van der Waals surface area contributed by atoms with Gasteiger partial charge >= 0.3 is 0 Å². The van der Waals surface area contributed by atoms with Crippen LogP contribution in [0.1, 0.15) is 11.1 Å². The number of para-hydroxylation sites is 3. The molecule has 0 fully saturated rings. The van der Waals surface area contributed by atoms with Gasteiger partial charge in [0.15, 0.2) is 0 Å². The van der Waals surface area contributed by atoms with Gasteiger partial charge in [0, 0.05) is 31.5 Å². The summed E-state index contributed by atoms with van der Waals surface area (Å²) in [5.41, 5.74) is 6.79. The Kier molecular flexibility index (Phi) is 6.18. The molecule has 4 aromatic carbocycles. The molecule has 0 aliphatic carbocycles. The van der Waals surface area contributed by atoms with Crippen molar-refractivity contribution in [2.24, 2.45) is 5.10 Å². The lowest BCUT2D eigenvalue weighted by Crippen LogP contribution is -2.36. The minimum Gasteiger partial charge on any atom is -0.379 e. The molecule has 4 heteroatoms. The van der Waals surface area contributed by atoms with Crippen LogP contribution in [-0.4, -0.2) is 26.0 Å². The van der Waals surface area contributed by atoms with Crippen molar-refractivity contribution >= 4 is 29.0 Å². The zero-order valence-electron chi connectivity index (χ0n) is 18.7. The summed E-state index contributed by atoms with van der Waals surface area (Å²) in [6.45, 7) is 0.844. The highest BCUT2D eigenvalue weighted by Crippen LogP contribution is 2.34. The van der Waals surface area contributed by atoms with Crippen LogP contribution in [0.15, 0.2) is 114 Å². The average molecular weight is 434 g/mol. The van der Waals surface area contributed by atoms with Crippen LogP contribution >= 0.6 is 0 Å². The molecule has 0 bridgehead atoms. The highest BCUT2D eigenvalue weighted by molar-refractivity contribution is 5.84. The first-order chi connectivity index (χ1) is 16.3. The topological polar surface area (TPSA) is 28.1 Å². The molecule has 1 aliphatic rings. The smallest absolute Gasteiger partial charge is 0.0791 e. The van der Waals surface area contributed by atoms with Crippen LogP contribution in [0.4, 0.5) is 22.7 Å². The summed E-state index contributed by atoms with van der Waals surface area (Å²) in [6.07, 6.45) is 2.97. The number of rotatable bonds is 6. The Labute approximate surface area is 195 Å². The van der Waals surface area contributed by atoms with Crippen molar-refractivity contribution in [3.8, 4) is 0 Å². The molecule has 33 heavy (non-hydrogen) atoms. The van der Waals surface area contributed by atoms with Crippen molar-refractivity contribution in [2.45, 2.75) is 12.5 Å².